The zero-order valence-corrected chi connectivity index (χ0v) is 11.6. The van der Waals surface area contributed by atoms with Crippen molar-refractivity contribution in [1.82, 2.24) is 4.90 Å². The van der Waals surface area contributed by atoms with Gasteiger partial charge in [-0.25, -0.2) is 0 Å². The molecule has 0 N–H and O–H groups in total. The monoisotopic (exact) mass is 251 g/mol. The molecule has 1 saturated heterocycles. The summed E-state index contributed by atoms with van der Waals surface area (Å²) in [6.07, 6.45) is 3.93. The number of nitrogens with zero attached hydrogens (tertiary/aromatic N) is 1. The Morgan fingerprint density at radius 3 is 1.63 bits per heavy atom. The number of fused-ring (bicyclic) bond motifs is 3. The third kappa shape index (κ3) is 2.71. The van der Waals surface area contributed by atoms with E-state index in [1.165, 1.54) is 48.2 Å². The zero-order chi connectivity index (χ0) is 13.1. The molecule has 2 aromatic rings. The topological polar surface area (TPSA) is 3.24 Å². The molecular formula is C18H21N. The van der Waals surface area contributed by atoms with Crippen molar-refractivity contribution in [1.29, 1.82) is 0 Å². The largest absolute Gasteiger partial charge is 0.306 e. The molecule has 1 aliphatic carbocycles. The minimum Gasteiger partial charge on any atom is -0.306 e. The SMILES string of the molecule is CN1CCCC1.c1ccc2c(c1)Cc1ccccc1-2. The van der Waals surface area contributed by atoms with Crippen molar-refractivity contribution >= 4 is 0 Å². The average Bonchev–Trinajstić information content (AvgIpc) is 3.06. The van der Waals surface area contributed by atoms with Gasteiger partial charge in [0.05, 0.1) is 0 Å². The van der Waals surface area contributed by atoms with Crippen molar-refractivity contribution in [2.45, 2.75) is 19.3 Å². The molecule has 1 heteroatoms. The molecule has 2 aromatic carbocycles. The number of rotatable bonds is 0. The van der Waals surface area contributed by atoms with Crippen molar-refractivity contribution in [3.05, 3.63) is 59.7 Å². The summed E-state index contributed by atoms with van der Waals surface area (Å²) in [4.78, 5) is 2.36. The molecule has 2 aliphatic rings. The van der Waals surface area contributed by atoms with Crippen molar-refractivity contribution < 1.29 is 0 Å². The van der Waals surface area contributed by atoms with Gasteiger partial charge in [0, 0.05) is 0 Å². The van der Waals surface area contributed by atoms with Gasteiger partial charge in [0.1, 0.15) is 0 Å². The fraction of sp³-hybridized carbons (Fsp3) is 0.333. The Kier molecular flexibility index (Phi) is 3.65. The van der Waals surface area contributed by atoms with Crippen LogP contribution >= 0.6 is 0 Å². The highest BCUT2D eigenvalue weighted by molar-refractivity contribution is 5.76. The van der Waals surface area contributed by atoms with Crippen LogP contribution in [0.1, 0.15) is 24.0 Å². The summed E-state index contributed by atoms with van der Waals surface area (Å²) in [5, 5.41) is 0. The molecule has 1 nitrogen and oxygen atoms in total. The molecule has 1 heterocycles. The average molecular weight is 251 g/mol. The van der Waals surface area contributed by atoms with E-state index in [0.29, 0.717) is 0 Å². The summed E-state index contributed by atoms with van der Waals surface area (Å²) >= 11 is 0. The first-order valence-electron chi connectivity index (χ1n) is 7.19. The standard InChI is InChI=1S/C13H10.C5H11N/c1-3-7-12-10(5-1)9-11-6-2-4-8-13(11)12;1-6-4-2-3-5-6/h1-8H,9H2;2-5H2,1H3. The van der Waals surface area contributed by atoms with Gasteiger partial charge in [-0.3, -0.25) is 0 Å². The molecule has 19 heavy (non-hydrogen) atoms. The molecule has 0 amide bonds. The van der Waals surface area contributed by atoms with Crippen molar-refractivity contribution in [3.8, 4) is 11.1 Å². The Morgan fingerprint density at radius 1 is 0.737 bits per heavy atom. The summed E-state index contributed by atoms with van der Waals surface area (Å²) in [7, 11) is 2.17. The lowest BCUT2D eigenvalue weighted by Crippen LogP contribution is -2.10. The molecule has 0 atom stereocenters. The van der Waals surface area contributed by atoms with Crippen LogP contribution in [0.3, 0.4) is 0 Å². The van der Waals surface area contributed by atoms with Gasteiger partial charge in [-0.05, 0) is 61.7 Å². The van der Waals surface area contributed by atoms with Crippen LogP contribution in [-0.4, -0.2) is 25.0 Å². The molecule has 0 spiro atoms. The summed E-state index contributed by atoms with van der Waals surface area (Å²) in [5.74, 6) is 0. The van der Waals surface area contributed by atoms with E-state index in [1.54, 1.807) is 0 Å². The van der Waals surface area contributed by atoms with Crippen molar-refractivity contribution in [2.75, 3.05) is 20.1 Å². The molecule has 4 rings (SSSR count). The van der Waals surface area contributed by atoms with Gasteiger partial charge in [-0.2, -0.15) is 0 Å². The molecule has 0 radical (unpaired) electrons. The molecule has 0 unspecified atom stereocenters. The highest BCUT2D eigenvalue weighted by Crippen LogP contribution is 2.35. The minimum absolute atomic E-state index is 1.10. The Labute approximate surface area is 115 Å². The summed E-state index contributed by atoms with van der Waals surface area (Å²) in [6, 6.07) is 17.3. The number of hydrogen-bond donors (Lipinski definition) is 0. The highest BCUT2D eigenvalue weighted by Gasteiger charge is 2.15. The first-order valence-corrected chi connectivity index (χ1v) is 7.19. The molecule has 0 aromatic heterocycles. The fourth-order valence-corrected chi connectivity index (χ4v) is 2.95. The number of hydrogen-bond acceptors (Lipinski definition) is 1. The maximum absolute atomic E-state index is 2.36. The van der Waals surface area contributed by atoms with E-state index >= 15 is 0 Å². The normalized spacial score (nSPS) is 16.5. The third-order valence-electron chi connectivity index (χ3n) is 4.04. The van der Waals surface area contributed by atoms with E-state index in [4.69, 9.17) is 0 Å². The summed E-state index contributed by atoms with van der Waals surface area (Å²) in [5.41, 5.74) is 5.75. The van der Waals surface area contributed by atoms with Crippen molar-refractivity contribution in [3.63, 3.8) is 0 Å². The van der Waals surface area contributed by atoms with Crippen LogP contribution in [0.15, 0.2) is 48.5 Å². The van der Waals surface area contributed by atoms with Gasteiger partial charge in [0.25, 0.3) is 0 Å². The van der Waals surface area contributed by atoms with E-state index < -0.39 is 0 Å². The predicted octanol–water partition coefficient (Wildman–Crippen LogP) is 3.97. The minimum atomic E-state index is 1.10. The molecule has 1 aliphatic heterocycles. The lowest BCUT2D eigenvalue weighted by atomic mass is 10.1. The van der Waals surface area contributed by atoms with Crippen LogP contribution in [0.4, 0.5) is 0 Å². The quantitative estimate of drug-likeness (QED) is 0.584. The zero-order valence-electron chi connectivity index (χ0n) is 11.6. The lowest BCUT2D eigenvalue weighted by Gasteiger charge is -2.01. The molecule has 98 valence electrons. The van der Waals surface area contributed by atoms with Crippen LogP contribution < -0.4 is 0 Å². The van der Waals surface area contributed by atoms with Gasteiger partial charge >= 0.3 is 0 Å². The Morgan fingerprint density at radius 2 is 1.21 bits per heavy atom. The van der Waals surface area contributed by atoms with Gasteiger partial charge in [0.2, 0.25) is 0 Å². The Balaban J connectivity index is 0.000000155. The predicted molar refractivity (Wildman–Crippen MR) is 81.4 cm³/mol. The smallest absolute Gasteiger partial charge is 0.00135 e. The van der Waals surface area contributed by atoms with Crippen LogP contribution in [-0.2, 0) is 6.42 Å². The van der Waals surface area contributed by atoms with Gasteiger partial charge < -0.3 is 4.90 Å². The number of benzene rings is 2. The van der Waals surface area contributed by atoms with E-state index in [-0.39, 0.29) is 0 Å². The second kappa shape index (κ2) is 5.58. The summed E-state index contributed by atoms with van der Waals surface area (Å²) < 4.78 is 0. The maximum atomic E-state index is 2.36. The highest BCUT2D eigenvalue weighted by atomic mass is 15.1. The van der Waals surface area contributed by atoms with Crippen molar-refractivity contribution in [2.24, 2.45) is 0 Å². The van der Waals surface area contributed by atoms with Crippen LogP contribution in [0, 0.1) is 0 Å². The maximum Gasteiger partial charge on any atom is -0.00135 e. The van der Waals surface area contributed by atoms with Gasteiger partial charge in [0.15, 0.2) is 0 Å². The molecular weight excluding hydrogens is 230 g/mol. The first kappa shape index (κ1) is 12.4. The Hall–Kier alpha value is -1.60. The van der Waals surface area contributed by atoms with Crippen LogP contribution in [0.25, 0.3) is 11.1 Å². The second-order valence-electron chi connectivity index (χ2n) is 5.50. The molecule has 1 fully saturated rings. The molecule has 0 saturated carbocycles. The van der Waals surface area contributed by atoms with E-state index in [9.17, 15) is 0 Å². The van der Waals surface area contributed by atoms with Crippen LogP contribution in [0.2, 0.25) is 0 Å². The van der Waals surface area contributed by atoms with E-state index in [2.05, 4.69) is 60.5 Å². The second-order valence-corrected chi connectivity index (χ2v) is 5.50. The summed E-state index contributed by atoms with van der Waals surface area (Å²) in [6.45, 7) is 2.64. The van der Waals surface area contributed by atoms with E-state index in [1.807, 2.05) is 0 Å². The lowest BCUT2D eigenvalue weighted by molar-refractivity contribution is 0.418. The molecule has 0 bridgehead atoms. The van der Waals surface area contributed by atoms with Gasteiger partial charge in [-0.1, -0.05) is 48.5 Å². The fourth-order valence-electron chi connectivity index (χ4n) is 2.95. The Bertz CT molecular complexity index is 510. The number of likely N-dealkylation sites (tertiary alicyclic amines) is 1. The third-order valence-corrected chi connectivity index (χ3v) is 4.04. The first-order chi connectivity index (χ1) is 9.34. The van der Waals surface area contributed by atoms with Gasteiger partial charge in [-0.15, -0.1) is 0 Å². The van der Waals surface area contributed by atoms with E-state index in [0.717, 1.165) is 6.42 Å². The van der Waals surface area contributed by atoms with Crippen LogP contribution in [0.5, 0.6) is 0 Å².